The van der Waals surface area contributed by atoms with Crippen LogP contribution >= 0.6 is 0 Å². The van der Waals surface area contributed by atoms with Crippen LogP contribution in [0.3, 0.4) is 0 Å². The van der Waals surface area contributed by atoms with Crippen molar-refractivity contribution in [1.29, 1.82) is 0 Å². The lowest BCUT2D eigenvalue weighted by molar-refractivity contribution is -0.140. The van der Waals surface area contributed by atoms with Crippen LogP contribution in [-0.2, 0) is 26.2 Å². The third-order valence-electron chi connectivity index (χ3n) is 6.55. The molecule has 9 heteroatoms. The summed E-state index contributed by atoms with van der Waals surface area (Å²) in [5, 5.41) is 2.96. The highest BCUT2D eigenvalue weighted by Crippen LogP contribution is 2.25. The number of hydrogen-bond donors (Lipinski definition) is 1. The molecule has 0 aliphatic heterocycles. The summed E-state index contributed by atoms with van der Waals surface area (Å²) < 4.78 is 42.0. The lowest BCUT2D eigenvalue weighted by Gasteiger charge is -2.33. The summed E-state index contributed by atoms with van der Waals surface area (Å²) in [4.78, 5) is 28.6. The van der Waals surface area contributed by atoms with E-state index in [1.807, 2.05) is 52.0 Å². The van der Waals surface area contributed by atoms with Crippen molar-refractivity contribution in [2.45, 2.75) is 64.1 Å². The van der Waals surface area contributed by atoms with E-state index in [-0.39, 0.29) is 29.1 Å². The number of anilines is 1. The average molecular weight is 554 g/mol. The zero-order chi connectivity index (χ0) is 28.6. The Labute approximate surface area is 230 Å². The molecule has 0 radical (unpaired) electrons. The van der Waals surface area contributed by atoms with E-state index in [9.17, 15) is 22.4 Å². The number of para-hydroxylation sites is 1. The largest absolute Gasteiger partial charge is 0.352 e. The van der Waals surface area contributed by atoms with Gasteiger partial charge in [0.1, 0.15) is 18.4 Å². The van der Waals surface area contributed by atoms with Crippen LogP contribution in [-0.4, -0.2) is 43.8 Å². The topological polar surface area (TPSA) is 86.8 Å². The van der Waals surface area contributed by atoms with Crippen molar-refractivity contribution in [1.82, 2.24) is 10.2 Å². The van der Waals surface area contributed by atoms with Gasteiger partial charge in [0.15, 0.2) is 0 Å². The third kappa shape index (κ3) is 7.66. The zero-order valence-electron chi connectivity index (χ0n) is 22.8. The first-order chi connectivity index (χ1) is 18.6. The maximum atomic E-state index is 14.0. The van der Waals surface area contributed by atoms with Crippen molar-refractivity contribution in [3.05, 3.63) is 95.8 Å². The van der Waals surface area contributed by atoms with Gasteiger partial charge in [0.25, 0.3) is 10.0 Å². The number of hydrogen-bond acceptors (Lipinski definition) is 4. The first-order valence-electron chi connectivity index (χ1n) is 13.1. The van der Waals surface area contributed by atoms with Gasteiger partial charge in [-0.05, 0) is 68.7 Å². The molecule has 3 aromatic rings. The standard InChI is InChI=1S/C30H36FN3O4S/c1-5-23(4)32-30(36)28(6-2)33(20-24-12-10-11-22(3)19-24)29(35)21-34(26-13-8-7-9-14-26)39(37,38)27-17-15-25(31)16-18-27/h7-19,23,28H,5-6,20-21H2,1-4H3,(H,32,36)/t23-,28-/m1/s1. The predicted octanol–water partition coefficient (Wildman–Crippen LogP) is 5.05. The Morgan fingerprint density at radius 2 is 1.59 bits per heavy atom. The minimum Gasteiger partial charge on any atom is -0.352 e. The van der Waals surface area contributed by atoms with Crippen LogP contribution < -0.4 is 9.62 Å². The monoisotopic (exact) mass is 553 g/mol. The Bertz CT molecular complexity index is 1360. The van der Waals surface area contributed by atoms with Crippen molar-refractivity contribution in [2.24, 2.45) is 0 Å². The molecule has 0 aliphatic rings. The number of carbonyl (C=O) groups is 2. The van der Waals surface area contributed by atoms with Crippen LogP contribution in [0.2, 0.25) is 0 Å². The fraction of sp³-hybridized carbons (Fsp3) is 0.333. The van der Waals surface area contributed by atoms with Crippen LogP contribution in [0.4, 0.5) is 10.1 Å². The molecule has 0 saturated carbocycles. The molecule has 208 valence electrons. The van der Waals surface area contributed by atoms with E-state index < -0.39 is 34.3 Å². The summed E-state index contributed by atoms with van der Waals surface area (Å²) in [7, 11) is -4.24. The molecular weight excluding hydrogens is 517 g/mol. The summed E-state index contributed by atoms with van der Waals surface area (Å²) >= 11 is 0. The predicted molar refractivity (Wildman–Crippen MR) is 151 cm³/mol. The highest BCUT2D eigenvalue weighted by Gasteiger charge is 2.34. The second-order valence-electron chi connectivity index (χ2n) is 9.55. The molecule has 0 saturated heterocycles. The smallest absolute Gasteiger partial charge is 0.264 e. The van der Waals surface area contributed by atoms with Crippen LogP contribution in [0.25, 0.3) is 0 Å². The Morgan fingerprint density at radius 3 is 2.18 bits per heavy atom. The molecule has 0 spiro atoms. The van der Waals surface area contributed by atoms with E-state index in [4.69, 9.17) is 0 Å². The molecule has 0 aromatic heterocycles. The molecule has 39 heavy (non-hydrogen) atoms. The van der Waals surface area contributed by atoms with E-state index in [0.717, 1.165) is 34.0 Å². The third-order valence-corrected chi connectivity index (χ3v) is 8.34. The van der Waals surface area contributed by atoms with Gasteiger partial charge in [0.2, 0.25) is 11.8 Å². The average Bonchev–Trinajstić information content (AvgIpc) is 2.92. The lowest BCUT2D eigenvalue weighted by atomic mass is 10.1. The molecular formula is C30H36FN3O4S. The normalized spacial score (nSPS) is 12.8. The molecule has 7 nitrogen and oxygen atoms in total. The molecule has 0 fully saturated rings. The van der Waals surface area contributed by atoms with Crippen LogP contribution in [0, 0.1) is 12.7 Å². The number of sulfonamides is 1. The van der Waals surface area contributed by atoms with Crippen molar-refractivity contribution in [3.63, 3.8) is 0 Å². The lowest BCUT2D eigenvalue weighted by Crippen LogP contribution is -2.53. The SMILES string of the molecule is CC[C@@H](C)NC(=O)[C@@H](CC)N(Cc1cccc(C)c1)C(=O)CN(c1ccccc1)S(=O)(=O)c1ccc(F)cc1. The van der Waals surface area contributed by atoms with Gasteiger partial charge < -0.3 is 10.2 Å². The first-order valence-corrected chi connectivity index (χ1v) is 14.5. The number of aryl methyl sites for hydroxylation is 1. The number of benzene rings is 3. The zero-order valence-corrected chi connectivity index (χ0v) is 23.6. The summed E-state index contributed by atoms with van der Waals surface area (Å²) in [6, 6.07) is 19.5. The molecule has 0 unspecified atom stereocenters. The Hall–Kier alpha value is -3.72. The van der Waals surface area contributed by atoms with Crippen LogP contribution in [0.15, 0.2) is 83.8 Å². The number of amides is 2. The van der Waals surface area contributed by atoms with E-state index >= 15 is 0 Å². The van der Waals surface area contributed by atoms with Gasteiger partial charge in [-0.2, -0.15) is 0 Å². The fourth-order valence-electron chi connectivity index (χ4n) is 4.22. The minimum atomic E-state index is -4.24. The van der Waals surface area contributed by atoms with E-state index in [1.54, 1.807) is 30.3 Å². The van der Waals surface area contributed by atoms with Gasteiger partial charge in [-0.3, -0.25) is 13.9 Å². The molecule has 2 amide bonds. The van der Waals surface area contributed by atoms with Crippen molar-refractivity contribution in [2.75, 3.05) is 10.8 Å². The number of halogens is 1. The minimum absolute atomic E-state index is 0.0813. The Kier molecular flexibility index (Phi) is 10.2. The van der Waals surface area contributed by atoms with Gasteiger partial charge in [0.05, 0.1) is 10.6 Å². The second-order valence-corrected chi connectivity index (χ2v) is 11.4. The Morgan fingerprint density at radius 1 is 0.923 bits per heavy atom. The summed E-state index contributed by atoms with van der Waals surface area (Å²) in [5.74, 6) is -1.39. The molecule has 0 bridgehead atoms. The quantitative estimate of drug-likeness (QED) is 0.340. The van der Waals surface area contributed by atoms with E-state index in [0.29, 0.717) is 6.42 Å². The molecule has 3 aromatic carbocycles. The van der Waals surface area contributed by atoms with Crippen molar-refractivity contribution in [3.8, 4) is 0 Å². The highest BCUT2D eigenvalue weighted by atomic mass is 32.2. The van der Waals surface area contributed by atoms with E-state index in [1.165, 1.54) is 17.0 Å². The first kappa shape index (κ1) is 29.8. The number of rotatable bonds is 12. The van der Waals surface area contributed by atoms with Gasteiger partial charge in [0, 0.05) is 12.6 Å². The van der Waals surface area contributed by atoms with Crippen molar-refractivity contribution >= 4 is 27.5 Å². The fourth-order valence-corrected chi connectivity index (χ4v) is 5.64. The van der Waals surface area contributed by atoms with Crippen LogP contribution in [0.5, 0.6) is 0 Å². The van der Waals surface area contributed by atoms with E-state index in [2.05, 4.69) is 5.32 Å². The molecule has 1 N–H and O–H groups in total. The van der Waals surface area contributed by atoms with Gasteiger partial charge >= 0.3 is 0 Å². The van der Waals surface area contributed by atoms with Crippen molar-refractivity contribution < 1.29 is 22.4 Å². The number of nitrogens with one attached hydrogen (secondary N) is 1. The van der Waals surface area contributed by atoms with Gasteiger partial charge in [-0.15, -0.1) is 0 Å². The molecule has 2 atom stereocenters. The molecule has 3 rings (SSSR count). The molecule has 0 aliphatic carbocycles. The molecule has 0 heterocycles. The number of carbonyl (C=O) groups excluding carboxylic acids is 2. The number of nitrogens with zero attached hydrogens (tertiary/aromatic N) is 2. The second kappa shape index (κ2) is 13.4. The summed E-state index contributed by atoms with van der Waals surface area (Å²) in [5.41, 5.74) is 2.11. The van der Waals surface area contributed by atoms with Crippen LogP contribution in [0.1, 0.15) is 44.7 Å². The maximum absolute atomic E-state index is 14.0. The summed E-state index contributed by atoms with van der Waals surface area (Å²) in [6.07, 6.45) is 1.07. The summed E-state index contributed by atoms with van der Waals surface area (Å²) in [6.45, 7) is 7.20. The maximum Gasteiger partial charge on any atom is 0.264 e. The Balaban J connectivity index is 2.03. The van der Waals surface area contributed by atoms with Gasteiger partial charge in [-0.1, -0.05) is 61.9 Å². The highest BCUT2D eigenvalue weighted by molar-refractivity contribution is 7.92. The van der Waals surface area contributed by atoms with Gasteiger partial charge in [-0.25, -0.2) is 12.8 Å².